The van der Waals surface area contributed by atoms with E-state index < -0.39 is 37.6 Å². The maximum absolute atomic E-state index is 13.0. The zero-order valence-electron chi connectivity index (χ0n) is 15.2. The molecule has 5 rings (SSSR count). The number of hydrogen-bond donors (Lipinski definition) is 0. The Balaban J connectivity index is 1.68. The van der Waals surface area contributed by atoms with Crippen LogP contribution in [-0.4, -0.2) is 42.4 Å². The second-order valence-corrected chi connectivity index (χ2v) is 9.48. The number of methoxy groups -OCH3 is 1. The molecule has 2 bridgehead atoms. The van der Waals surface area contributed by atoms with Crippen LogP contribution in [0.2, 0.25) is 0 Å². The fourth-order valence-corrected chi connectivity index (χ4v) is 6.08. The smallest absolute Gasteiger partial charge is 0.416 e. The molecule has 1 saturated carbocycles. The molecule has 0 radical (unpaired) electrons. The molecule has 3 heterocycles. The highest BCUT2D eigenvalue weighted by molar-refractivity contribution is 7.95. The van der Waals surface area contributed by atoms with Crippen molar-refractivity contribution in [2.75, 3.05) is 13.9 Å². The highest BCUT2D eigenvalue weighted by Crippen LogP contribution is 2.53. The largest absolute Gasteiger partial charge is 0.467 e. The summed E-state index contributed by atoms with van der Waals surface area (Å²) in [6.45, 7) is -0.102. The Labute approximate surface area is 164 Å². The fourth-order valence-electron chi connectivity index (χ4n) is 3.78. The minimum absolute atomic E-state index is 0.0585. The molecule has 2 saturated heterocycles. The third-order valence-electron chi connectivity index (χ3n) is 5.50. The summed E-state index contributed by atoms with van der Waals surface area (Å²) in [5.41, 5.74) is -1.20. The molecule has 0 amide bonds. The third-order valence-corrected chi connectivity index (χ3v) is 8.28. The number of benzene rings is 1. The second kappa shape index (κ2) is 6.84. The van der Waals surface area contributed by atoms with Crippen LogP contribution in [0.4, 0.5) is 13.2 Å². The predicted molar refractivity (Wildman–Crippen MR) is 96.0 cm³/mol. The van der Waals surface area contributed by atoms with E-state index in [0.717, 1.165) is 18.2 Å². The van der Waals surface area contributed by atoms with Crippen LogP contribution in [0.25, 0.3) is 11.1 Å². The molecule has 3 fully saturated rings. The van der Waals surface area contributed by atoms with Crippen molar-refractivity contribution < 1.29 is 31.1 Å². The standard InChI is InChI=1S/C18H17F3N2O5S/c1-27-9-28-14-4-10(18(19,20)21)2-3-11(14)12-6-22-8-23(17(12)24)7-13-15-5-16(13)29(15,25)26/h2-4,6,8,13,15-16H,5,7,9H2,1H3. The number of halogens is 3. The van der Waals surface area contributed by atoms with E-state index in [-0.39, 0.29) is 36.1 Å². The number of rotatable bonds is 6. The van der Waals surface area contributed by atoms with Crippen molar-refractivity contribution in [2.24, 2.45) is 5.92 Å². The van der Waals surface area contributed by atoms with Crippen molar-refractivity contribution in [2.45, 2.75) is 29.6 Å². The van der Waals surface area contributed by atoms with Gasteiger partial charge in [0.2, 0.25) is 0 Å². The Kier molecular flexibility index (Phi) is 4.69. The molecular formula is C18H17F3N2O5S. The second-order valence-electron chi connectivity index (χ2n) is 7.09. The van der Waals surface area contributed by atoms with Gasteiger partial charge in [-0.3, -0.25) is 9.36 Å². The van der Waals surface area contributed by atoms with Gasteiger partial charge in [-0.15, -0.1) is 0 Å². The molecule has 29 heavy (non-hydrogen) atoms. The lowest BCUT2D eigenvalue weighted by molar-refractivity contribution is -0.137. The lowest BCUT2D eigenvalue weighted by Gasteiger charge is -2.56. The topological polar surface area (TPSA) is 87.5 Å². The first-order valence-corrected chi connectivity index (χ1v) is 10.4. The van der Waals surface area contributed by atoms with Crippen LogP contribution in [0.5, 0.6) is 5.75 Å². The summed E-state index contributed by atoms with van der Waals surface area (Å²) in [6.07, 6.45) is -1.41. The normalized spacial score (nSPS) is 24.5. The SMILES string of the molecule is COCOc1cc(C(F)(F)F)ccc1-c1cncn(CC2C3CC2S3(=O)=O)c1=O. The van der Waals surface area contributed by atoms with Gasteiger partial charge in [-0.25, -0.2) is 13.4 Å². The molecular weight excluding hydrogens is 413 g/mol. The Morgan fingerprint density at radius 3 is 2.55 bits per heavy atom. The van der Waals surface area contributed by atoms with Crippen molar-refractivity contribution in [3.8, 4) is 16.9 Å². The van der Waals surface area contributed by atoms with Gasteiger partial charge in [0.1, 0.15) is 5.75 Å². The van der Waals surface area contributed by atoms with E-state index in [4.69, 9.17) is 9.47 Å². The molecule has 0 spiro atoms. The van der Waals surface area contributed by atoms with Crippen LogP contribution in [0.15, 0.2) is 35.5 Å². The summed E-state index contributed by atoms with van der Waals surface area (Å²) in [6, 6.07) is 2.82. The van der Waals surface area contributed by atoms with Crippen molar-refractivity contribution in [3.05, 3.63) is 46.6 Å². The van der Waals surface area contributed by atoms with Gasteiger partial charge in [0, 0.05) is 31.3 Å². The third kappa shape index (κ3) is 3.21. The van der Waals surface area contributed by atoms with E-state index in [9.17, 15) is 26.4 Å². The number of ether oxygens (including phenoxy) is 2. The summed E-state index contributed by atoms with van der Waals surface area (Å²) in [4.78, 5) is 16.9. The summed E-state index contributed by atoms with van der Waals surface area (Å²) < 4.78 is 73.8. The Morgan fingerprint density at radius 2 is 1.97 bits per heavy atom. The van der Waals surface area contributed by atoms with Gasteiger partial charge in [-0.2, -0.15) is 13.2 Å². The minimum Gasteiger partial charge on any atom is -0.467 e. The molecule has 3 aliphatic rings. The minimum atomic E-state index is -4.57. The van der Waals surface area contributed by atoms with Crippen LogP contribution in [0, 0.1) is 5.92 Å². The first kappa shape index (κ1) is 19.9. The molecule has 2 atom stereocenters. The number of aromatic nitrogens is 2. The Morgan fingerprint density at radius 1 is 1.24 bits per heavy atom. The van der Waals surface area contributed by atoms with Gasteiger partial charge in [0.25, 0.3) is 5.56 Å². The van der Waals surface area contributed by atoms with Crippen molar-refractivity contribution in [3.63, 3.8) is 0 Å². The average molecular weight is 430 g/mol. The van der Waals surface area contributed by atoms with Gasteiger partial charge in [0.05, 0.1) is 28.0 Å². The predicted octanol–water partition coefficient (Wildman–Crippen LogP) is 2.10. The number of alkyl halides is 3. The van der Waals surface area contributed by atoms with E-state index in [1.807, 2.05) is 0 Å². The average Bonchev–Trinajstić information content (AvgIpc) is 2.63. The lowest BCUT2D eigenvalue weighted by Crippen LogP contribution is -2.70. The first-order chi connectivity index (χ1) is 13.6. The van der Waals surface area contributed by atoms with Gasteiger partial charge in [-0.05, 0) is 24.6 Å². The zero-order chi connectivity index (χ0) is 21.0. The summed E-state index contributed by atoms with van der Waals surface area (Å²) >= 11 is 0. The summed E-state index contributed by atoms with van der Waals surface area (Å²) in [7, 11) is -1.70. The van der Waals surface area contributed by atoms with Crippen molar-refractivity contribution >= 4 is 9.84 Å². The molecule has 1 aromatic heterocycles. The maximum Gasteiger partial charge on any atom is 0.416 e. The highest BCUT2D eigenvalue weighted by Gasteiger charge is 2.66. The van der Waals surface area contributed by atoms with E-state index >= 15 is 0 Å². The van der Waals surface area contributed by atoms with Crippen molar-refractivity contribution in [1.82, 2.24) is 9.55 Å². The molecule has 156 valence electrons. The van der Waals surface area contributed by atoms with E-state index in [1.54, 1.807) is 0 Å². The number of nitrogens with zero attached hydrogens (tertiary/aromatic N) is 2. The number of sulfone groups is 1. The number of hydrogen-bond acceptors (Lipinski definition) is 6. The first-order valence-electron chi connectivity index (χ1n) is 8.75. The maximum atomic E-state index is 13.0. The highest BCUT2D eigenvalue weighted by atomic mass is 32.2. The van der Waals surface area contributed by atoms with E-state index in [0.29, 0.717) is 6.42 Å². The molecule has 7 nitrogen and oxygen atoms in total. The quantitative estimate of drug-likeness (QED) is 0.653. The van der Waals surface area contributed by atoms with Gasteiger partial charge in [0.15, 0.2) is 16.6 Å². The van der Waals surface area contributed by atoms with Crippen LogP contribution < -0.4 is 10.3 Å². The monoisotopic (exact) mass is 430 g/mol. The molecule has 1 aliphatic carbocycles. The van der Waals surface area contributed by atoms with Gasteiger partial charge < -0.3 is 9.47 Å². The summed E-state index contributed by atoms with van der Waals surface area (Å²) in [5.74, 6) is -0.293. The van der Waals surface area contributed by atoms with Crippen LogP contribution in [0.3, 0.4) is 0 Å². The molecule has 2 unspecified atom stereocenters. The van der Waals surface area contributed by atoms with Crippen LogP contribution >= 0.6 is 0 Å². The van der Waals surface area contributed by atoms with Crippen LogP contribution in [-0.2, 0) is 27.3 Å². The zero-order valence-corrected chi connectivity index (χ0v) is 16.0. The van der Waals surface area contributed by atoms with Crippen molar-refractivity contribution in [1.29, 1.82) is 0 Å². The van der Waals surface area contributed by atoms with Crippen LogP contribution in [0.1, 0.15) is 12.0 Å². The van der Waals surface area contributed by atoms with E-state index in [1.165, 1.54) is 24.2 Å². The lowest BCUT2D eigenvalue weighted by atomic mass is 9.82. The summed E-state index contributed by atoms with van der Waals surface area (Å²) in [5, 5.41) is -0.843. The molecule has 0 N–H and O–H groups in total. The molecule has 2 aliphatic heterocycles. The van der Waals surface area contributed by atoms with Gasteiger partial charge >= 0.3 is 6.18 Å². The fraction of sp³-hybridized carbons (Fsp3) is 0.444. The van der Waals surface area contributed by atoms with Gasteiger partial charge in [-0.1, -0.05) is 0 Å². The Bertz CT molecular complexity index is 1100. The Hall–Kier alpha value is -2.40. The van der Waals surface area contributed by atoms with E-state index in [2.05, 4.69) is 4.98 Å². The molecule has 2 aromatic rings. The molecule has 1 aromatic carbocycles. The molecule has 11 heteroatoms.